The number of ether oxygens (including phenoxy) is 1. The Morgan fingerprint density at radius 1 is 1.38 bits per heavy atom. The van der Waals surface area contributed by atoms with Gasteiger partial charge < -0.3 is 15.0 Å². The van der Waals surface area contributed by atoms with Crippen molar-refractivity contribution in [1.82, 2.24) is 9.55 Å². The van der Waals surface area contributed by atoms with Crippen molar-refractivity contribution in [3.05, 3.63) is 29.6 Å². The van der Waals surface area contributed by atoms with Crippen LogP contribution in [0.3, 0.4) is 0 Å². The number of hydrogen-bond acceptors (Lipinski definition) is 4. The van der Waals surface area contributed by atoms with Gasteiger partial charge in [0.2, 0.25) is 0 Å². The van der Waals surface area contributed by atoms with Crippen molar-refractivity contribution < 1.29 is 9.53 Å². The quantitative estimate of drug-likeness (QED) is 0.792. The monoisotopic (exact) mass is 289 g/mol. The topological polar surface area (TPSA) is 70.1 Å². The van der Waals surface area contributed by atoms with Gasteiger partial charge in [0, 0.05) is 25.9 Å². The van der Waals surface area contributed by atoms with E-state index >= 15 is 0 Å². The highest BCUT2D eigenvalue weighted by molar-refractivity contribution is 5.77. The molecule has 0 fully saturated rings. The predicted octanol–water partition coefficient (Wildman–Crippen LogP) is 2.05. The summed E-state index contributed by atoms with van der Waals surface area (Å²) < 4.78 is 6.87. The number of nitrogens with zero attached hydrogens (tertiary/aromatic N) is 2. The first-order chi connectivity index (χ1) is 10.2. The van der Waals surface area contributed by atoms with Crippen molar-refractivity contribution in [3.63, 3.8) is 0 Å². The molecule has 0 spiro atoms. The van der Waals surface area contributed by atoms with Gasteiger partial charge in [-0.25, -0.2) is 4.98 Å². The molecule has 2 rings (SSSR count). The number of methoxy groups -OCH3 is 1. The van der Waals surface area contributed by atoms with Crippen LogP contribution < -0.4 is 5.73 Å². The molecule has 0 saturated heterocycles. The molecule has 0 atom stereocenters. The standard InChI is InChI=1S/C16H23N3O2/c1-3-4-15-18-13-11-12(6-8-16(20)21-2)5-7-14(13)19(15)10-9-17/h5,7,11H,3-4,6,8-10,17H2,1-2H3. The lowest BCUT2D eigenvalue weighted by atomic mass is 10.1. The van der Waals surface area contributed by atoms with Crippen molar-refractivity contribution in [2.45, 2.75) is 39.2 Å². The molecule has 1 aromatic heterocycles. The Bertz CT molecular complexity index is 619. The van der Waals surface area contributed by atoms with Crippen LogP contribution in [0.15, 0.2) is 18.2 Å². The van der Waals surface area contributed by atoms with Crippen molar-refractivity contribution in [1.29, 1.82) is 0 Å². The summed E-state index contributed by atoms with van der Waals surface area (Å²) in [6.07, 6.45) is 3.08. The normalized spacial score (nSPS) is 11.0. The maximum atomic E-state index is 11.2. The zero-order valence-corrected chi connectivity index (χ0v) is 12.8. The molecule has 0 bridgehead atoms. The Morgan fingerprint density at radius 2 is 2.19 bits per heavy atom. The minimum absolute atomic E-state index is 0.185. The van der Waals surface area contributed by atoms with E-state index in [1.807, 2.05) is 0 Å². The summed E-state index contributed by atoms with van der Waals surface area (Å²) in [6.45, 7) is 3.54. The van der Waals surface area contributed by atoms with Crippen molar-refractivity contribution >= 4 is 17.0 Å². The molecule has 0 radical (unpaired) electrons. The van der Waals surface area contributed by atoms with E-state index < -0.39 is 0 Å². The van der Waals surface area contributed by atoms with Gasteiger partial charge in [0.25, 0.3) is 0 Å². The third-order valence-electron chi connectivity index (χ3n) is 3.56. The second kappa shape index (κ2) is 7.22. The number of hydrogen-bond donors (Lipinski definition) is 1. The highest BCUT2D eigenvalue weighted by Crippen LogP contribution is 2.20. The number of carbonyl (C=O) groups excluding carboxylic acids is 1. The summed E-state index contributed by atoms with van der Waals surface area (Å²) in [5, 5.41) is 0. The van der Waals surface area contributed by atoms with Gasteiger partial charge in [0.15, 0.2) is 0 Å². The Morgan fingerprint density at radius 3 is 2.86 bits per heavy atom. The van der Waals surface area contributed by atoms with E-state index in [9.17, 15) is 4.79 Å². The number of benzene rings is 1. The molecule has 1 aromatic carbocycles. The molecule has 0 amide bonds. The van der Waals surface area contributed by atoms with Gasteiger partial charge in [-0.3, -0.25) is 4.79 Å². The minimum Gasteiger partial charge on any atom is -0.469 e. The van der Waals surface area contributed by atoms with Gasteiger partial charge in [0.05, 0.1) is 18.1 Å². The summed E-state index contributed by atoms with van der Waals surface area (Å²) in [5.74, 6) is 0.901. The average Bonchev–Trinajstić information content (AvgIpc) is 2.83. The third-order valence-corrected chi connectivity index (χ3v) is 3.56. The fourth-order valence-corrected chi connectivity index (χ4v) is 2.52. The molecule has 5 nitrogen and oxygen atoms in total. The molecule has 1 heterocycles. The molecule has 5 heteroatoms. The van der Waals surface area contributed by atoms with Crippen molar-refractivity contribution in [3.8, 4) is 0 Å². The largest absolute Gasteiger partial charge is 0.469 e. The molecule has 0 unspecified atom stereocenters. The van der Waals surface area contributed by atoms with Gasteiger partial charge in [-0.1, -0.05) is 13.0 Å². The summed E-state index contributed by atoms with van der Waals surface area (Å²) in [4.78, 5) is 15.9. The molecule has 0 aliphatic rings. The average molecular weight is 289 g/mol. The molecule has 0 aliphatic heterocycles. The molecule has 0 saturated carbocycles. The Hall–Kier alpha value is -1.88. The van der Waals surface area contributed by atoms with Crippen LogP contribution in [-0.4, -0.2) is 29.2 Å². The zero-order chi connectivity index (χ0) is 15.2. The van der Waals surface area contributed by atoms with E-state index in [-0.39, 0.29) is 5.97 Å². The SMILES string of the molecule is CCCc1nc2cc(CCC(=O)OC)ccc2n1CCN. The predicted molar refractivity (Wildman–Crippen MR) is 83.1 cm³/mol. The van der Waals surface area contributed by atoms with Crippen LogP contribution in [0, 0.1) is 0 Å². The van der Waals surface area contributed by atoms with Crippen LogP contribution >= 0.6 is 0 Å². The number of nitrogens with two attached hydrogens (primary N) is 1. The lowest BCUT2D eigenvalue weighted by Gasteiger charge is -2.07. The maximum Gasteiger partial charge on any atom is 0.305 e. The van der Waals surface area contributed by atoms with Gasteiger partial charge in [-0.05, 0) is 30.5 Å². The van der Waals surface area contributed by atoms with Crippen molar-refractivity contribution in [2.75, 3.05) is 13.7 Å². The van der Waals surface area contributed by atoms with Crippen LogP contribution in [0.4, 0.5) is 0 Å². The van der Waals surface area contributed by atoms with E-state index in [4.69, 9.17) is 10.7 Å². The molecular formula is C16H23N3O2. The number of aromatic nitrogens is 2. The second-order valence-corrected chi connectivity index (χ2v) is 5.12. The number of esters is 1. The van der Waals surface area contributed by atoms with Gasteiger partial charge in [-0.15, -0.1) is 0 Å². The number of aryl methyl sites for hydroxylation is 2. The van der Waals surface area contributed by atoms with Crippen molar-refractivity contribution in [2.24, 2.45) is 5.73 Å². The van der Waals surface area contributed by atoms with E-state index in [0.717, 1.165) is 41.8 Å². The maximum absolute atomic E-state index is 11.2. The molecule has 0 aliphatic carbocycles. The summed E-state index contributed by atoms with van der Waals surface area (Å²) >= 11 is 0. The van der Waals surface area contributed by atoms with Crippen LogP contribution in [-0.2, 0) is 28.9 Å². The van der Waals surface area contributed by atoms with E-state index in [1.54, 1.807) is 0 Å². The fourth-order valence-electron chi connectivity index (χ4n) is 2.52. The molecule has 21 heavy (non-hydrogen) atoms. The van der Waals surface area contributed by atoms with E-state index in [2.05, 4.69) is 34.4 Å². The van der Waals surface area contributed by atoms with Crippen LogP contribution in [0.5, 0.6) is 0 Å². The second-order valence-electron chi connectivity index (χ2n) is 5.12. The highest BCUT2D eigenvalue weighted by atomic mass is 16.5. The van der Waals surface area contributed by atoms with Gasteiger partial charge >= 0.3 is 5.97 Å². The van der Waals surface area contributed by atoms with Crippen LogP contribution in [0.1, 0.15) is 31.2 Å². The third kappa shape index (κ3) is 3.61. The fraction of sp³-hybridized carbons (Fsp3) is 0.500. The number of imidazole rings is 1. The number of rotatable bonds is 7. The smallest absolute Gasteiger partial charge is 0.305 e. The molecule has 2 N–H and O–H groups in total. The molecular weight excluding hydrogens is 266 g/mol. The Balaban J connectivity index is 2.28. The lowest BCUT2D eigenvalue weighted by Crippen LogP contribution is -2.12. The highest BCUT2D eigenvalue weighted by Gasteiger charge is 2.10. The van der Waals surface area contributed by atoms with Crippen LogP contribution in [0.2, 0.25) is 0 Å². The minimum atomic E-state index is -0.185. The summed E-state index contributed by atoms with van der Waals surface area (Å²) in [5.41, 5.74) is 8.90. The summed E-state index contributed by atoms with van der Waals surface area (Å²) in [7, 11) is 1.41. The molecule has 114 valence electrons. The van der Waals surface area contributed by atoms with E-state index in [0.29, 0.717) is 19.4 Å². The number of fused-ring (bicyclic) bond motifs is 1. The summed E-state index contributed by atoms with van der Waals surface area (Å²) in [6, 6.07) is 6.18. The van der Waals surface area contributed by atoms with Gasteiger partial charge in [0.1, 0.15) is 5.82 Å². The Kier molecular flexibility index (Phi) is 5.33. The first-order valence-electron chi connectivity index (χ1n) is 7.44. The lowest BCUT2D eigenvalue weighted by molar-refractivity contribution is -0.140. The first kappa shape index (κ1) is 15.5. The molecule has 2 aromatic rings. The van der Waals surface area contributed by atoms with Crippen LogP contribution in [0.25, 0.3) is 11.0 Å². The zero-order valence-electron chi connectivity index (χ0n) is 12.8. The Labute approximate surface area is 125 Å². The first-order valence-corrected chi connectivity index (χ1v) is 7.44. The van der Waals surface area contributed by atoms with E-state index in [1.165, 1.54) is 7.11 Å². The van der Waals surface area contributed by atoms with Gasteiger partial charge in [-0.2, -0.15) is 0 Å². The number of carbonyl (C=O) groups is 1.